The lowest BCUT2D eigenvalue weighted by atomic mass is 9.93. The zero-order chi connectivity index (χ0) is 10.2. The van der Waals surface area contributed by atoms with Crippen LogP contribution in [-0.4, -0.2) is 35.5 Å². The molecule has 13 heavy (non-hydrogen) atoms. The van der Waals surface area contributed by atoms with Crippen LogP contribution in [0.25, 0.3) is 0 Å². The van der Waals surface area contributed by atoms with Crippen molar-refractivity contribution in [2.24, 2.45) is 0 Å². The second-order valence-electron chi connectivity index (χ2n) is 3.62. The van der Waals surface area contributed by atoms with E-state index in [1.54, 1.807) is 0 Å². The van der Waals surface area contributed by atoms with Crippen molar-refractivity contribution >= 4 is 0 Å². The summed E-state index contributed by atoms with van der Waals surface area (Å²) in [5, 5.41) is 21.7. The first-order valence-corrected chi connectivity index (χ1v) is 5.22. The van der Waals surface area contributed by atoms with E-state index in [2.05, 4.69) is 19.2 Å². The molecule has 0 aliphatic carbocycles. The van der Waals surface area contributed by atoms with Gasteiger partial charge >= 0.3 is 0 Å². The molecule has 0 aliphatic rings. The smallest absolute Gasteiger partial charge is 0.0771 e. The van der Waals surface area contributed by atoms with Crippen LogP contribution in [0, 0.1) is 0 Å². The van der Waals surface area contributed by atoms with E-state index < -0.39 is 5.60 Å². The molecule has 0 atom stereocenters. The maximum atomic E-state index is 10.1. The molecule has 0 aliphatic heterocycles. The van der Waals surface area contributed by atoms with Crippen LogP contribution in [0.1, 0.15) is 39.5 Å². The van der Waals surface area contributed by atoms with Gasteiger partial charge in [0.05, 0.1) is 12.2 Å². The molecule has 3 nitrogen and oxygen atoms in total. The maximum Gasteiger partial charge on any atom is 0.0771 e. The number of aliphatic hydroxyl groups excluding tert-OH is 1. The highest BCUT2D eigenvalue weighted by Crippen LogP contribution is 2.18. The fourth-order valence-corrected chi connectivity index (χ4v) is 1.63. The monoisotopic (exact) mass is 189 g/mol. The average Bonchev–Trinajstić information content (AvgIpc) is 2.05. The highest BCUT2D eigenvalue weighted by Gasteiger charge is 2.23. The third-order valence-electron chi connectivity index (χ3n) is 2.17. The van der Waals surface area contributed by atoms with Crippen LogP contribution < -0.4 is 5.32 Å². The summed E-state index contributed by atoms with van der Waals surface area (Å²) in [4.78, 5) is 0. The van der Waals surface area contributed by atoms with E-state index in [1.807, 2.05) is 0 Å². The lowest BCUT2D eigenvalue weighted by molar-refractivity contribution is 0.0211. The lowest BCUT2D eigenvalue weighted by Crippen LogP contribution is -2.41. The molecule has 0 aromatic heterocycles. The molecule has 0 fully saturated rings. The Bertz CT molecular complexity index is 111. The molecular formula is C10H23NO2. The van der Waals surface area contributed by atoms with Gasteiger partial charge < -0.3 is 15.5 Å². The van der Waals surface area contributed by atoms with Crippen LogP contribution in [0.2, 0.25) is 0 Å². The molecule has 0 heterocycles. The van der Waals surface area contributed by atoms with Gasteiger partial charge in [-0.3, -0.25) is 0 Å². The Morgan fingerprint density at radius 2 is 1.69 bits per heavy atom. The molecule has 0 aromatic carbocycles. The predicted octanol–water partition coefficient (Wildman–Crippen LogP) is 0.900. The molecule has 0 unspecified atom stereocenters. The quantitative estimate of drug-likeness (QED) is 0.497. The Kier molecular flexibility index (Phi) is 7.23. The first-order chi connectivity index (χ1) is 6.18. The van der Waals surface area contributed by atoms with Gasteiger partial charge in [-0.05, 0) is 12.8 Å². The third kappa shape index (κ3) is 6.02. The van der Waals surface area contributed by atoms with Gasteiger partial charge in [-0.15, -0.1) is 0 Å². The van der Waals surface area contributed by atoms with Crippen molar-refractivity contribution in [2.45, 2.75) is 45.1 Å². The Labute approximate surface area is 81.2 Å². The van der Waals surface area contributed by atoms with E-state index in [9.17, 15) is 5.11 Å². The van der Waals surface area contributed by atoms with Gasteiger partial charge in [0, 0.05) is 13.1 Å². The number of hydrogen-bond donors (Lipinski definition) is 3. The summed E-state index contributed by atoms with van der Waals surface area (Å²) in [6.45, 7) is 5.44. The molecule has 80 valence electrons. The normalized spacial score (nSPS) is 12.0. The summed E-state index contributed by atoms with van der Waals surface area (Å²) in [6, 6.07) is 0. The van der Waals surface area contributed by atoms with Crippen molar-refractivity contribution in [2.75, 3.05) is 19.7 Å². The predicted molar refractivity (Wildman–Crippen MR) is 54.7 cm³/mol. The van der Waals surface area contributed by atoms with Gasteiger partial charge in [-0.25, -0.2) is 0 Å². The Morgan fingerprint density at radius 3 is 2.08 bits per heavy atom. The molecule has 0 saturated carbocycles. The third-order valence-corrected chi connectivity index (χ3v) is 2.17. The summed E-state index contributed by atoms with van der Waals surface area (Å²) >= 11 is 0. The minimum Gasteiger partial charge on any atom is -0.395 e. The van der Waals surface area contributed by atoms with Crippen molar-refractivity contribution in [3.8, 4) is 0 Å². The largest absolute Gasteiger partial charge is 0.395 e. The average molecular weight is 189 g/mol. The molecule has 3 N–H and O–H groups in total. The van der Waals surface area contributed by atoms with Gasteiger partial charge in [-0.2, -0.15) is 0 Å². The maximum absolute atomic E-state index is 10.1. The number of hydrogen-bond acceptors (Lipinski definition) is 3. The van der Waals surface area contributed by atoms with Gasteiger partial charge in [0.25, 0.3) is 0 Å². The second-order valence-corrected chi connectivity index (χ2v) is 3.62. The lowest BCUT2D eigenvalue weighted by Gasteiger charge is -2.27. The Hall–Kier alpha value is -0.120. The number of rotatable bonds is 8. The van der Waals surface area contributed by atoms with Crippen molar-refractivity contribution in [3.05, 3.63) is 0 Å². The Morgan fingerprint density at radius 1 is 1.15 bits per heavy atom. The molecule has 0 radical (unpaired) electrons. The number of aliphatic hydroxyl groups is 2. The molecule has 0 saturated heterocycles. The van der Waals surface area contributed by atoms with E-state index in [0.717, 1.165) is 25.7 Å². The number of nitrogens with one attached hydrogen (secondary N) is 1. The van der Waals surface area contributed by atoms with Crippen molar-refractivity contribution < 1.29 is 10.2 Å². The van der Waals surface area contributed by atoms with E-state index in [1.165, 1.54) is 0 Å². The highest BCUT2D eigenvalue weighted by molar-refractivity contribution is 4.79. The van der Waals surface area contributed by atoms with Crippen molar-refractivity contribution in [1.82, 2.24) is 5.32 Å². The SMILES string of the molecule is CCCC(O)(CCC)CNCCO. The zero-order valence-electron chi connectivity index (χ0n) is 8.84. The van der Waals surface area contributed by atoms with Crippen LogP contribution >= 0.6 is 0 Å². The zero-order valence-corrected chi connectivity index (χ0v) is 8.84. The first-order valence-electron chi connectivity index (χ1n) is 5.22. The topological polar surface area (TPSA) is 52.5 Å². The summed E-state index contributed by atoms with van der Waals surface area (Å²) < 4.78 is 0. The minimum atomic E-state index is -0.571. The van der Waals surface area contributed by atoms with E-state index in [-0.39, 0.29) is 6.61 Å². The molecule has 3 heteroatoms. The molecule has 0 amide bonds. The van der Waals surface area contributed by atoms with Crippen LogP contribution in [0.4, 0.5) is 0 Å². The Balaban J connectivity index is 3.76. The van der Waals surface area contributed by atoms with Crippen LogP contribution in [0.15, 0.2) is 0 Å². The summed E-state index contributed by atoms with van der Waals surface area (Å²) in [6.07, 6.45) is 3.66. The second kappa shape index (κ2) is 7.30. The molecule has 0 bridgehead atoms. The van der Waals surface area contributed by atoms with Crippen LogP contribution in [-0.2, 0) is 0 Å². The molecular weight excluding hydrogens is 166 g/mol. The van der Waals surface area contributed by atoms with Crippen molar-refractivity contribution in [1.29, 1.82) is 0 Å². The standard InChI is InChI=1S/C10H23NO2/c1-3-5-10(13,6-4-2)9-11-7-8-12/h11-13H,3-9H2,1-2H3. The van der Waals surface area contributed by atoms with E-state index in [0.29, 0.717) is 13.1 Å². The van der Waals surface area contributed by atoms with Gasteiger partial charge in [0.15, 0.2) is 0 Å². The van der Waals surface area contributed by atoms with Gasteiger partial charge in [0.2, 0.25) is 0 Å². The fraction of sp³-hybridized carbons (Fsp3) is 1.00. The highest BCUT2D eigenvalue weighted by atomic mass is 16.3. The molecule has 0 rings (SSSR count). The molecule has 0 aromatic rings. The first kappa shape index (κ1) is 12.9. The van der Waals surface area contributed by atoms with Crippen LogP contribution in [0.5, 0.6) is 0 Å². The summed E-state index contributed by atoms with van der Waals surface area (Å²) in [5.41, 5.74) is -0.571. The van der Waals surface area contributed by atoms with Crippen LogP contribution in [0.3, 0.4) is 0 Å². The van der Waals surface area contributed by atoms with Crippen molar-refractivity contribution in [3.63, 3.8) is 0 Å². The minimum absolute atomic E-state index is 0.133. The molecule has 0 spiro atoms. The van der Waals surface area contributed by atoms with E-state index in [4.69, 9.17) is 5.11 Å². The van der Waals surface area contributed by atoms with Gasteiger partial charge in [-0.1, -0.05) is 26.7 Å². The fourth-order valence-electron chi connectivity index (χ4n) is 1.63. The van der Waals surface area contributed by atoms with E-state index >= 15 is 0 Å². The summed E-state index contributed by atoms with van der Waals surface area (Å²) in [7, 11) is 0. The van der Waals surface area contributed by atoms with Gasteiger partial charge in [0.1, 0.15) is 0 Å². The summed E-state index contributed by atoms with van der Waals surface area (Å²) in [5.74, 6) is 0.